The van der Waals surface area contributed by atoms with E-state index in [0.29, 0.717) is 32.6 Å². The monoisotopic (exact) mass is 412 g/mol. The van der Waals surface area contributed by atoms with Gasteiger partial charge in [0.05, 0.1) is 19.8 Å². The lowest BCUT2D eigenvalue weighted by Crippen LogP contribution is -2.38. The molecule has 0 spiro atoms. The average Bonchev–Trinajstić information content (AvgIpc) is 2.76. The highest BCUT2D eigenvalue weighted by molar-refractivity contribution is 5.75. The van der Waals surface area contributed by atoms with Gasteiger partial charge < -0.3 is 19.5 Å². The van der Waals surface area contributed by atoms with Gasteiger partial charge in [0.1, 0.15) is 18.1 Å². The van der Waals surface area contributed by atoms with E-state index in [1.165, 1.54) is 0 Å². The number of nitrogens with zero attached hydrogens (tertiary/aromatic N) is 1. The standard InChI is InChI=1S/C24H32N2O4/c1-20-5-2-7-22(17-20)29-13-4-9-24(27)25-19-21-6-3-8-23(18-21)30-16-12-26-10-14-28-15-11-26/h2-3,5-8,17-18H,4,9-16,19H2,1H3,(H,25,27). The quantitative estimate of drug-likeness (QED) is 0.575. The summed E-state index contributed by atoms with van der Waals surface area (Å²) in [6, 6.07) is 15.8. The Kier molecular flexibility index (Phi) is 9.00. The molecule has 1 aliphatic rings. The maximum Gasteiger partial charge on any atom is 0.220 e. The van der Waals surface area contributed by atoms with Crippen molar-refractivity contribution in [2.24, 2.45) is 0 Å². The van der Waals surface area contributed by atoms with Crippen molar-refractivity contribution >= 4 is 5.91 Å². The van der Waals surface area contributed by atoms with E-state index in [-0.39, 0.29) is 5.91 Å². The Morgan fingerprint density at radius 1 is 1.03 bits per heavy atom. The summed E-state index contributed by atoms with van der Waals surface area (Å²) >= 11 is 0. The third-order valence-corrected chi connectivity index (χ3v) is 4.97. The summed E-state index contributed by atoms with van der Waals surface area (Å²) in [5, 5.41) is 2.97. The first-order chi connectivity index (χ1) is 14.7. The van der Waals surface area contributed by atoms with Crippen LogP contribution < -0.4 is 14.8 Å². The molecule has 1 saturated heterocycles. The van der Waals surface area contributed by atoms with Crippen molar-refractivity contribution in [1.29, 1.82) is 0 Å². The molecular formula is C24H32N2O4. The molecule has 0 bridgehead atoms. The van der Waals surface area contributed by atoms with Crippen molar-refractivity contribution in [2.45, 2.75) is 26.3 Å². The molecule has 2 aromatic rings. The molecule has 30 heavy (non-hydrogen) atoms. The lowest BCUT2D eigenvalue weighted by Gasteiger charge is -2.26. The minimum absolute atomic E-state index is 0.0291. The molecule has 3 rings (SSSR count). The molecule has 0 unspecified atom stereocenters. The van der Waals surface area contributed by atoms with Crippen molar-refractivity contribution in [1.82, 2.24) is 10.2 Å². The van der Waals surface area contributed by atoms with Gasteiger partial charge in [0.15, 0.2) is 0 Å². The first kappa shape index (κ1) is 22.1. The fourth-order valence-corrected chi connectivity index (χ4v) is 3.28. The summed E-state index contributed by atoms with van der Waals surface area (Å²) < 4.78 is 16.9. The summed E-state index contributed by atoms with van der Waals surface area (Å²) in [5.41, 5.74) is 2.20. The topological polar surface area (TPSA) is 60.0 Å². The van der Waals surface area contributed by atoms with Crippen LogP contribution in [0.25, 0.3) is 0 Å². The van der Waals surface area contributed by atoms with Crippen molar-refractivity contribution < 1.29 is 19.0 Å². The number of hydrogen-bond donors (Lipinski definition) is 1. The molecule has 1 N–H and O–H groups in total. The van der Waals surface area contributed by atoms with Crippen LogP contribution in [0, 0.1) is 6.92 Å². The van der Waals surface area contributed by atoms with Crippen LogP contribution in [0.3, 0.4) is 0 Å². The van der Waals surface area contributed by atoms with E-state index in [1.54, 1.807) is 0 Å². The third kappa shape index (κ3) is 8.05. The lowest BCUT2D eigenvalue weighted by molar-refractivity contribution is -0.121. The van der Waals surface area contributed by atoms with Crippen LogP contribution in [0.1, 0.15) is 24.0 Å². The number of benzene rings is 2. The first-order valence-corrected chi connectivity index (χ1v) is 10.7. The second-order valence-electron chi connectivity index (χ2n) is 7.50. The van der Waals surface area contributed by atoms with E-state index < -0.39 is 0 Å². The van der Waals surface area contributed by atoms with Gasteiger partial charge in [0.25, 0.3) is 0 Å². The van der Waals surface area contributed by atoms with E-state index in [1.807, 2.05) is 55.5 Å². The smallest absolute Gasteiger partial charge is 0.220 e. The predicted octanol–water partition coefficient (Wildman–Crippen LogP) is 3.18. The first-order valence-electron chi connectivity index (χ1n) is 10.7. The normalized spacial score (nSPS) is 14.3. The number of ether oxygens (including phenoxy) is 3. The fourth-order valence-electron chi connectivity index (χ4n) is 3.28. The van der Waals surface area contributed by atoms with Gasteiger partial charge in [-0.2, -0.15) is 0 Å². The number of amides is 1. The van der Waals surface area contributed by atoms with Gasteiger partial charge in [-0.3, -0.25) is 9.69 Å². The predicted molar refractivity (Wildman–Crippen MR) is 117 cm³/mol. The highest BCUT2D eigenvalue weighted by atomic mass is 16.5. The Balaban J connectivity index is 1.30. The number of nitrogens with one attached hydrogen (secondary N) is 1. The van der Waals surface area contributed by atoms with E-state index in [4.69, 9.17) is 14.2 Å². The lowest BCUT2D eigenvalue weighted by atomic mass is 10.2. The van der Waals surface area contributed by atoms with Crippen molar-refractivity contribution in [3.8, 4) is 11.5 Å². The summed E-state index contributed by atoms with van der Waals surface area (Å²) in [7, 11) is 0. The molecule has 1 aliphatic heterocycles. The van der Waals surface area contributed by atoms with E-state index in [0.717, 1.165) is 55.5 Å². The number of morpholine rings is 1. The Morgan fingerprint density at radius 3 is 2.57 bits per heavy atom. The molecule has 0 atom stereocenters. The van der Waals surface area contributed by atoms with Crippen LogP contribution in [0.2, 0.25) is 0 Å². The molecule has 6 heteroatoms. The molecule has 0 radical (unpaired) electrons. The van der Waals surface area contributed by atoms with Crippen molar-refractivity contribution in [3.63, 3.8) is 0 Å². The van der Waals surface area contributed by atoms with Gasteiger partial charge in [-0.25, -0.2) is 0 Å². The summed E-state index contributed by atoms with van der Waals surface area (Å²) in [6.07, 6.45) is 1.13. The van der Waals surface area contributed by atoms with Crippen LogP contribution in [0.15, 0.2) is 48.5 Å². The van der Waals surface area contributed by atoms with Gasteiger partial charge in [-0.05, 0) is 48.7 Å². The average molecular weight is 413 g/mol. The van der Waals surface area contributed by atoms with Gasteiger partial charge in [0.2, 0.25) is 5.91 Å². The van der Waals surface area contributed by atoms with Crippen LogP contribution in [-0.4, -0.2) is 56.9 Å². The van der Waals surface area contributed by atoms with Crippen LogP contribution >= 0.6 is 0 Å². The molecule has 162 valence electrons. The maximum absolute atomic E-state index is 12.1. The Bertz CT molecular complexity index is 790. The number of carbonyl (C=O) groups excluding carboxylic acids is 1. The summed E-state index contributed by atoms with van der Waals surface area (Å²) in [5.74, 6) is 1.71. The van der Waals surface area contributed by atoms with E-state index >= 15 is 0 Å². The molecule has 0 aromatic heterocycles. The Labute approximate surface area is 179 Å². The molecule has 1 heterocycles. The Hall–Kier alpha value is -2.57. The number of carbonyl (C=O) groups is 1. The van der Waals surface area contributed by atoms with E-state index in [2.05, 4.69) is 10.2 Å². The maximum atomic E-state index is 12.1. The van der Waals surface area contributed by atoms with Crippen LogP contribution in [-0.2, 0) is 16.1 Å². The fraction of sp³-hybridized carbons (Fsp3) is 0.458. The van der Waals surface area contributed by atoms with Crippen molar-refractivity contribution in [2.75, 3.05) is 46.1 Å². The number of aryl methyl sites for hydroxylation is 1. The highest BCUT2D eigenvalue weighted by Gasteiger charge is 2.10. The zero-order chi connectivity index (χ0) is 21.0. The molecule has 0 aliphatic carbocycles. The molecule has 2 aromatic carbocycles. The summed E-state index contributed by atoms with van der Waals surface area (Å²) in [4.78, 5) is 14.4. The Morgan fingerprint density at radius 2 is 1.77 bits per heavy atom. The van der Waals surface area contributed by atoms with Crippen LogP contribution in [0.5, 0.6) is 11.5 Å². The molecular weight excluding hydrogens is 380 g/mol. The van der Waals surface area contributed by atoms with Gasteiger partial charge in [0, 0.05) is 32.6 Å². The van der Waals surface area contributed by atoms with Crippen LogP contribution in [0.4, 0.5) is 0 Å². The zero-order valence-corrected chi connectivity index (χ0v) is 17.8. The largest absolute Gasteiger partial charge is 0.494 e. The number of rotatable bonds is 11. The molecule has 1 fully saturated rings. The minimum Gasteiger partial charge on any atom is -0.494 e. The third-order valence-electron chi connectivity index (χ3n) is 4.97. The zero-order valence-electron chi connectivity index (χ0n) is 17.8. The van der Waals surface area contributed by atoms with E-state index in [9.17, 15) is 4.79 Å². The van der Waals surface area contributed by atoms with Crippen molar-refractivity contribution in [3.05, 3.63) is 59.7 Å². The molecule has 1 amide bonds. The highest BCUT2D eigenvalue weighted by Crippen LogP contribution is 2.14. The van der Waals surface area contributed by atoms with Gasteiger partial charge in [-0.1, -0.05) is 24.3 Å². The second kappa shape index (κ2) is 12.2. The second-order valence-corrected chi connectivity index (χ2v) is 7.50. The number of hydrogen-bond acceptors (Lipinski definition) is 5. The molecule has 0 saturated carbocycles. The van der Waals surface area contributed by atoms with Gasteiger partial charge in [-0.15, -0.1) is 0 Å². The SMILES string of the molecule is Cc1cccc(OCCCC(=O)NCc2cccc(OCCN3CCOCC3)c2)c1. The molecule has 6 nitrogen and oxygen atoms in total. The minimum atomic E-state index is 0.0291. The van der Waals surface area contributed by atoms with Gasteiger partial charge >= 0.3 is 0 Å². The summed E-state index contributed by atoms with van der Waals surface area (Å²) in [6.45, 7) is 8.13.